The molecule has 1 aromatic carbocycles. The molecule has 1 aliphatic carbocycles. The number of nitrogens with one attached hydrogen (secondary N) is 1. The molecule has 0 bridgehead atoms. The molecule has 1 aromatic rings. The summed E-state index contributed by atoms with van der Waals surface area (Å²) in [5, 5.41) is 0. The van der Waals surface area contributed by atoms with Gasteiger partial charge < -0.3 is 4.90 Å². The van der Waals surface area contributed by atoms with Gasteiger partial charge in [-0.05, 0) is 31.4 Å². The van der Waals surface area contributed by atoms with Gasteiger partial charge in [0.2, 0.25) is 11.8 Å². The summed E-state index contributed by atoms with van der Waals surface area (Å²) >= 11 is 0. The first-order valence-electron chi connectivity index (χ1n) is 7.70. The first kappa shape index (κ1) is 15.9. The van der Waals surface area contributed by atoms with Crippen LogP contribution < -0.4 is 5.48 Å². The van der Waals surface area contributed by atoms with Crippen LogP contribution in [0.25, 0.3) is 0 Å². The van der Waals surface area contributed by atoms with Crippen LogP contribution in [0.15, 0.2) is 18.2 Å². The van der Waals surface area contributed by atoms with Gasteiger partial charge in [0.25, 0.3) is 0 Å². The minimum atomic E-state index is -0.695. The molecule has 0 aromatic heterocycles. The lowest BCUT2D eigenvalue weighted by Gasteiger charge is -2.25. The molecule has 1 unspecified atom stereocenters. The van der Waals surface area contributed by atoms with Crippen LogP contribution in [-0.2, 0) is 21.0 Å². The number of benzene rings is 1. The van der Waals surface area contributed by atoms with Crippen LogP contribution in [0.5, 0.6) is 0 Å². The van der Waals surface area contributed by atoms with Gasteiger partial charge in [-0.25, -0.2) is 14.3 Å². The molecule has 124 valence electrons. The van der Waals surface area contributed by atoms with Crippen molar-refractivity contribution in [1.29, 1.82) is 0 Å². The topological polar surface area (TPSA) is 58.6 Å². The van der Waals surface area contributed by atoms with E-state index in [1.165, 1.54) is 11.0 Å². The highest BCUT2D eigenvalue weighted by molar-refractivity contribution is 5.88. The first-order chi connectivity index (χ1) is 11.0. The number of halogens is 2. The molecule has 7 heteroatoms. The van der Waals surface area contributed by atoms with Crippen LogP contribution in [0.1, 0.15) is 31.2 Å². The zero-order valence-electron chi connectivity index (χ0n) is 12.6. The van der Waals surface area contributed by atoms with Crippen LogP contribution in [0.4, 0.5) is 8.78 Å². The number of carbonyl (C=O) groups is 2. The quantitative estimate of drug-likeness (QED) is 0.842. The number of hydrogen-bond donors (Lipinski definition) is 1. The average Bonchev–Trinajstić information content (AvgIpc) is 2.82. The summed E-state index contributed by atoms with van der Waals surface area (Å²) in [4.78, 5) is 30.5. The summed E-state index contributed by atoms with van der Waals surface area (Å²) in [7, 11) is 0. The summed E-state index contributed by atoms with van der Waals surface area (Å²) in [6.07, 6.45) is 3.01. The highest BCUT2D eigenvalue weighted by Gasteiger charge is 2.35. The molecule has 23 heavy (non-hydrogen) atoms. The van der Waals surface area contributed by atoms with E-state index in [0.717, 1.165) is 31.4 Å². The molecule has 5 nitrogen and oxygen atoms in total. The van der Waals surface area contributed by atoms with Crippen molar-refractivity contribution in [1.82, 2.24) is 10.4 Å². The van der Waals surface area contributed by atoms with E-state index in [2.05, 4.69) is 5.48 Å². The molecule has 1 saturated carbocycles. The van der Waals surface area contributed by atoms with E-state index in [1.807, 2.05) is 0 Å². The van der Waals surface area contributed by atoms with Gasteiger partial charge in [0.05, 0.1) is 18.6 Å². The number of carbonyl (C=O) groups excluding carboxylic acids is 2. The fourth-order valence-corrected chi connectivity index (χ4v) is 2.69. The number of nitrogens with zero attached hydrogens (tertiary/aromatic N) is 1. The fourth-order valence-electron chi connectivity index (χ4n) is 2.69. The second-order valence-corrected chi connectivity index (χ2v) is 6.01. The minimum Gasteiger partial charge on any atom is -0.337 e. The third-order valence-electron chi connectivity index (χ3n) is 4.37. The van der Waals surface area contributed by atoms with Gasteiger partial charge in [0.1, 0.15) is 11.6 Å². The van der Waals surface area contributed by atoms with E-state index in [-0.39, 0.29) is 43.0 Å². The Morgan fingerprint density at radius 1 is 1.30 bits per heavy atom. The van der Waals surface area contributed by atoms with E-state index in [0.29, 0.717) is 0 Å². The second-order valence-electron chi connectivity index (χ2n) is 6.01. The Bertz CT molecular complexity index is 599. The third kappa shape index (κ3) is 3.50. The van der Waals surface area contributed by atoms with Crippen LogP contribution in [0.2, 0.25) is 0 Å². The smallest absolute Gasteiger partial charge is 0.248 e. The van der Waals surface area contributed by atoms with Crippen molar-refractivity contribution >= 4 is 11.8 Å². The van der Waals surface area contributed by atoms with Gasteiger partial charge in [-0.2, -0.15) is 0 Å². The molecular formula is C16H18F2N2O3. The van der Waals surface area contributed by atoms with Gasteiger partial charge in [-0.3, -0.25) is 14.4 Å². The molecule has 2 fully saturated rings. The predicted octanol–water partition coefficient (Wildman–Crippen LogP) is 1.91. The van der Waals surface area contributed by atoms with Crippen molar-refractivity contribution in [2.24, 2.45) is 5.92 Å². The molecule has 0 radical (unpaired) electrons. The highest BCUT2D eigenvalue weighted by Crippen LogP contribution is 2.24. The molecule has 2 aliphatic rings. The van der Waals surface area contributed by atoms with Gasteiger partial charge in [-0.1, -0.05) is 6.07 Å². The van der Waals surface area contributed by atoms with Gasteiger partial charge >= 0.3 is 0 Å². The van der Waals surface area contributed by atoms with E-state index in [4.69, 9.17) is 4.84 Å². The number of rotatable bonds is 5. The third-order valence-corrected chi connectivity index (χ3v) is 4.37. The molecule has 1 saturated heterocycles. The Hall–Kier alpha value is -2.02. The SMILES string of the molecule is O=C(NOC1CCC1)C1CC(=O)N(Cc2c(F)cccc2F)C1. The predicted molar refractivity (Wildman–Crippen MR) is 76.7 cm³/mol. The average molecular weight is 324 g/mol. The highest BCUT2D eigenvalue weighted by atomic mass is 19.1. The zero-order valence-corrected chi connectivity index (χ0v) is 12.6. The van der Waals surface area contributed by atoms with Crippen molar-refractivity contribution in [3.63, 3.8) is 0 Å². The lowest BCUT2D eigenvalue weighted by atomic mass is 9.97. The van der Waals surface area contributed by atoms with Crippen molar-refractivity contribution in [2.75, 3.05) is 6.54 Å². The maximum absolute atomic E-state index is 13.7. The molecule has 1 atom stereocenters. The van der Waals surface area contributed by atoms with Gasteiger partial charge in [0, 0.05) is 18.5 Å². The monoisotopic (exact) mass is 324 g/mol. The van der Waals surface area contributed by atoms with E-state index in [9.17, 15) is 18.4 Å². The normalized spacial score (nSPS) is 21.4. The molecule has 1 aliphatic heterocycles. The van der Waals surface area contributed by atoms with Gasteiger partial charge in [-0.15, -0.1) is 0 Å². The number of amides is 2. The van der Waals surface area contributed by atoms with E-state index < -0.39 is 17.6 Å². The maximum atomic E-state index is 13.7. The van der Waals surface area contributed by atoms with Crippen molar-refractivity contribution in [2.45, 2.75) is 38.3 Å². The minimum absolute atomic E-state index is 0.0237. The van der Waals surface area contributed by atoms with Crippen molar-refractivity contribution < 1.29 is 23.2 Å². The van der Waals surface area contributed by atoms with Gasteiger partial charge in [0.15, 0.2) is 0 Å². The largest absolute Gasteiger partial charge is 0.337 e. The lowest BCUT2D eigenvalue weighted by molar-refractivity contribution is -0.146. The number of hydroxylamine groups is 1. The fraction of sp³-hybridized carbons (Fsp3) is 0.500. The van der Waals surface area contributed by atoms with E-state index >= 15 is 0 Å². The summed E-state index contributed by atoms with van der Waals surface area (Å²) in [5.74, 6) is -2.60. The molecule has 2 amide bonds. The Kier molecular flexibility index (Phi) is 4.56. The van der Waals surface area contributed by atoms with Crippen molar-refractivity contribution in [3.8, 4) is 0 Å². The Labute approximate surface area is 132 Å². The lowest BCUT2D eigenvalue weighted by Crippen LogP contribution is -2.37. The van der Waals surface area contributed by atoms with Crippen LogP contribution in [0.3, 0.4) is 0 Å². The molecular weight excluding hydrogens is 306 g/mol. The molecule has 3 rings (SSSR count). The standard InChI is InChI=1S/C16H18F2N2O3/c17-13-5-2-6-14(18)12(13)9-20-8-10(7-15(20)21)16(22)19-23-11-3-1-4-11/h2,5-6,10-11H,1,3-4,7-9H2,(H,19,22). The maximum Gasteiger partial charge on any atom is 0.248 e. The van der Waals surface area contributed by atoms with Crippen LogP contribution in [-0.4, -0.2) is 29.4 Å². The molecule has 1 heterocycles. The summed E-state index contributed by atoms with van der Waals surface area (Å²) in [5.41, 5.74) is 2.23. The number of hydrogen-bond acceptors (Lipinski definition) is 3. The second kappa shape index (κ2) is 6.62. The summed E-state index contributed by atoms with van der Waals surface area (Å²) in [6.45, 7) is -0.0446. The van der Waals surface area contributed by atoms with E-state index in [1.54, 1.807) is 0 Å². The Balaban J connectivity index is 1.57. The molecule has 0 spiro atoms. The zero-order chi connectivity index (χ0) is 16.4. The Morgan fingerprint density at radius 3 is 2.61 bits per heavy atom. The first-order valence-corrected chi connectivity index (χ1v) is 7.70. The summed E-state index contributed by atoms with van der Waals surface area (Å²) in [6, 6.07) is 3.57. The van der Waals surface area contributed by atoms with Crippen molar-refractivity contribution in [3.05, 3.63) is 35.4 Å². The van der Waals surface area contributed by atoms with Crippen LogP contribution >= 0.6 is 0 Å². The van der Waals surface area contributed by atoms with Crippen LogP contribution in [0, 0.1) is 17.6 Å². The molecule has 1 N–H and O–H groups in total. The Morgan fingerprint density at radius 2 is 2.00 bits per heavy atom. The summed E-state index contributed by atoms with van der Waals surface area (Å²) < 4.78 is 27.3. The number of likely N-dealkylation sites (tertiary alicyclic amines) is 1.